The Bertz CT molecular complexity index is 399. The van der Waals surface area contributed by atoms with Crippen LogP contribution in [0, 0.1) is 17.0 Å². The van der Waals surface area contributed by atoms with E-state index in [9.17, 15) is 20.3 Å². The molecule has 0 spiro atoms. The van der Waals surface area contributed by atoms with Crippen molar-refractivity contribution in [3.05, 3.63) is 33.6 Å². The van der Waals surface area contributed by atoms with Crippen LogP contribution in [0.2, 0.25) is 0 Å². The lowest BCUT2D eigenvalue weighted by Crippen LogP contribution is -2.20. The lowest BCUT2D eigenvalue weighted by Gasteiger charge is -2.15. The Balaban J connectivity index is 3.07. The first-order valence-corrected chi connectivity index (χ1v) is 5.18. The summed E-state index contributed by atoms with van der Waals surface area (Å²) in [5.41, 5.74) is 0.295. The third-order valence-corrected chi connectivity index (χ3v) is 2.55. The molecule has 2 N–H and O–H groups in total. The van der Waals surface area contributed by atoms with E-state index < -0.39 is 17.1 Å². The van der Waals surface area contributed by atoms with Gasteiger partial charge in [0.05, 0.1) is 11.0 Å². The molecule has 0 radical (unpaired) electrons. The van der Waals surface area contributed by atoms with Crippen molar-refractivity contribution >= 4 is 18.3 Å². The summed E-state index contributed by atoms with van der Waals surface area (Å²) in [4.78, 5) is 13.9. The molecule has 0 saturated carbocycles. The second kappa shape index (κ2) is 5.24. The van der Waals surface area contributed by atoms with Gasteiger partial charge < -0.3 is 10.2 Å². The van der Waals surface area contributed by atoms with E-state index in [-0.39, 0.29) is 22.7 Å². The molecule has 1 rings (SSSR count). The number of aryl methyl sites for hydroxylation is 1. The van der Waals surface area contributed by atoms with Gasteiger partial charge in [0.25, 0.3) is 5.69 Å². The quantitative estimate of drug-likeness (QED) is 0.410. The highest BCUT2D eigenvalue weighted by atomic mass is 32.1. The van der Waals surface area contributed by atoms with E-state index in [2.05, 4.69) is 17.6 Å². The van der Waals surface area contributed by atoms with E-state index in [1.54, 1.807) is 0 Å². The molecule has 2 unspecified atom stereocenters. The summed E-state index contributed by atoms with van der Waals surface area (Å²) in [5.74, 6) is 0.0584. The van der Waals surface area contributed by atoms with Crippen molar-refractivity contribution in [3.8, 4) is 0 Å². The van der Waals surface area contributed by atoms with Crippen molar-refractivity contribution in [2.75, 3.05) is 5.75 Å². The number of rotatable bonds is 4. The zero-order valence-electron chi connectivity index (χ0n) is 8.57. The van der Waals surface area contributed by atoms with Crippen molar-refractivity contribution in [2.24, 2.45) is 0 Å². The van der Waals surface area contributed by atoms with E-state index in [4.69, 9.17) is 0 Å². The number of pyridine rings is 1. The Hall–Kier alpha value is -1.18. The predicted octanol–water partition coefficient (Wildman–Crippen LogP) is 0.622. The number of hydrogen-bond donors (Lipinski definition) is 3. The maximum atomic E-state index is 10.6. The Morgan fingerprint density at radius 3 is 2.75 bits per heavy atom. The average Bonchev–Trinajstić information content (AvgIpc) is 2.27. The number of nitro groups is 1. The average molecular weight is 244 g/mol. The van der Waals surface area contributed by atoms with Crippen LogP contribution in [-0.4, -0.2) is 32.0 Å². The van der Waals surface area contributed by atoms with E-state index in [1.165, 1.54) is 19.2 Å². The number of aromatic nitrogens is 1. The smallest absolute Gasteiger partial charge is 0.290 e. The molecule has 7 heteroatoms. The number of thiol groups is 1. The van der Waals surface area contributed by atoms with E-state index in [0.717, 1.165) is 0 Å². The standard InChI is InChI=1S/C9H12N2O4S/c1-5-7(11(14)15)2-6(3-10-5)9(13)8(12)4-16/h2-3,8-9,12-13,16H,4H2,1H3. The highest BCUT2D eigenvalue weighted by Gasteiger charge is 2.21. The molecule has 0 aliphatic heterocycles. The van der Waals surface area contributed by atoms with Crippen LogP contribution in [0.5, 0.6) is 0 Å². The van der Waals surface area contributed by atoms with E-state index >= 15 is 0 Å². The molecule has 0 amide bonds. The van der Waals surface area contributed by atoms with Gasteiger partial charge in [-0.15, -0.1) is 0 Å². The zero-order valence-corrected chi connectivity index (χ0v) is 9.46. The number of nitrogens with zero attached hydrogens (tertiary/aromatic N) is 2. The molecule has 0 aliphatic carbocycles. The van der Waals surface area contributed by atoms with Crippen LogP contribution in [0.4, 0.5) is 5.69 Å². The summed E-state index contributed by atoms with van der Waals surface area (Å²) in [5, 5.41) is 29.6. The van der Waals surface area contributed by atoms with Gasteiger partial charge >= 0.3 is 0 Å². The van der Waals surface area contributed by atoms with E-state index in [1.807, 2.05) is 0 Å². The van der Waals surface area contributed by atoms with Crippen LogP contribution in [-0.2, 0) is 0 Å². The lowest BCUT2D eigenvalue weighted by atomic mass is 10.1. The first-order chi connectivity index (χ1) is 7.47. The normalized spacial score (nSPS) is 14.5. The van der Waals surface area contributed by atoms with E-state index in [0.29, 0.717) is 0 Å². The van der Waals surface area contributed by atoms with Gasteiger partial charge in [-0.2, -0.15) is 12.6 Å². The fourth-order valence-corrected chi connectivity index (χ4v) is 1.41. The highest BCUT2D eigenvalue weighted by molar-refractivity contribution is 7.80. The Kier molecular flexibility index (Phi) is 4.22. The minimum Gasteiger partial charge on any atom is -0.389 e. The van der Waals surface area contributed by atoms with Crippen molar-refractivity contribution in [3.63, 3.8) is 0 Å². The van der Waals surface area contributed by atoms with Gasteiger partial charge in [-0.25, -0.2) is 0 Å². The Morgan fingerprint density at radius 1 is 1.62 bits per heavy atom. The minimum absolute atomic E-state index is 0.0584. The summed E-state index contributed by atoms with van der Waals surface area (Å²) in [6.07, 6.45) is -0.989. The molecular weight excluding hydrogens is 232 g/mol. The second-order valence-corrected chi connectivity index (χ2v) is 3.69. The van der Waals surface area contributed by atoms with Crippen LogP contribution in [0.25, 0.3) is 0 Å². The summed E-state index contributed by atoms with van der Waals surface area (Å²) >= 11 is 3.83. The molecule has 0 aromatic carbocycles. The first kappa shape index (κ1) is 12.9. The highest BCUT2D eigenvalue weighted by Crippen LogP contribution is 2.23. The van der Waals surface area contributed by atoms with Crippen molar-refractivity contribution in [1.82, 2.24) is 4.98 Å². The number of hydrogen-bond acceptors (Lipinski definition) is 6. The van der Waals surface area contributed by atoms with Crippen molar-refractivity contribution < 1.29 is 15.1 Å². The van der Waals surface area contributed by atoms with Crippen molar-refractivity contribution in [2.45, 2.75) is 19.1 Å². The fourth-order valence-electron chi connectivity index (χ4n) is 1.21. The van der Waals surface area contributed by atoms with Crippen molar-refractivity contribution in [1.29, 1.82) is 0 Å². The topological polar surface area (TPSA) is 96.5 Å². The van der Waals surface area contributed by atoms with Crippen LogP contribution >= 0.6 is 12.6 Å². The molecule has 0 fully saturated rings. The first-order valence-electron chi connectivity index (χ1n) is 4.55. The molecule has 0 saturated heterocycles. The molecule has 6 nitrogen and oxygen atoms in total. The molecule has 1 aromatic rings. The Labute approximate surface area is 97.5 Å². The maximum Gasteiger partial charge on any atom is 0.290 e. The molecule has 16 heavy (non-hydrogen) atoms. The van der Waals surface area contributed by atoms with Gasteiger partial charge in [0.2, 0.25) is 0 Å². The number of aliphatic hydroxyl groups excluding tert-OH is 2. The zero-order chi connectivity index (χ0) is 12.3. The van der Waals surface area contributed by atoms with Crippen LogP contribution < -0.4 is 0 Å². The van der Waals surface area contributed by atoms with Gasteiger partial charge in [-0.05, 0) is 6.92 Å². The largest absolute Gasteiger partial charge is 0.389 e. The molecule has 1 heterocycles. The predicted molar refractivity (Wildman–Crippen MR) is 60.4 cm³/mol. The van der Waals surface area contributed by atoms with Crippen LogP contribution in [0.3, 0.4) is 0 Å². The van der Waals surface area contributed by atoms with Gasteiger partial charge in [0.1, 0.15) is 11.8 Å². The summed E-state index contributed by atoms with van der Waals surface area (Å²) in [6.45, 7) is 1.50. The third kappa shape index (κ3) is 2.69. The fraction of sp³-hybridized carbons (Fsp3) is 0.444. The minimum atomic E-state index is -1.22. The monoisotopic (exact) mass is 244 g/mol. The van der Waals surface area contributed by atoms with Gasteiger partial charge in [-0.3, -0.25) is 15.1 Å². The third-order valence-electron chi connectivity index (χ3n) is 2.17. The summed E-state index contributed by atoms with van der Waals surface area (Å²) in [6, 6.07) is 1.21. The summed E-state index contributed by atoms with van der Waals surface area (Å²) < 4.78 is 0. The Morgan fingerprint density at radius 2 is 2.25 bits per heavy atom. The molecular formula is C9H12N2O4S. The van der Waals surface area contributed by atoms with Gasteiger partial charge in [-0.1, -0.05) is 0 Å². The van der Waals surface area contributed by atoms with Crippen LogP contribution in [0.1, 0.15) is 17.4 Å². The number of aliphatic hydroxyl groups is 2. The van der Waals surface area contributed by atoms with Gasteiger partial charge in [0, 0.05) is 23.6 Å². The SMILES string of the molecule is Cc1ncc(C(O)C(O)CS)cc1[N+](=O)[O-]. The molecule has 0 aliphatic rings. The molecule has 2 atom stereocenters. The molecule has 1 aromatic heterocycles. The molecule has 88 valence electrons. The molecule has 0 bridgehead atoms. The lowest BCUT2D eigenvalue weighted by molar-refractivity contribution is -0.385. The van der Waals surface area contributed by atoms with Gasteiger partial charge in [0.15, 0.2) is 0 Å². The maximum absolute atomic E-state index is 10.6. The summed E-state index contributed by atoms with van der Waals surface area (Å²) in [7, 11) is 0. The van der Waals surface area contributed by atoms with Crippen LogP contribution in [0.15, 0.2) is 12.3 Å². The second-order valence-electron chi connectivity index (χ2n) is 3.33.